The van der Waals surface area contributed by atoms with Crippen LogP contribution in [0.1, 0.15) is 56.4 Å². The molecule has 2 aliphatic rings. The Labute approximate surface area is 142 Å². The van der Waals surface area contributed by atoms with Crippen molar-refractivity contribution in [2.24, 2.45) is 0 Å². The summed E-state index contributed by atoms with van der Waals surface area (Å²) in [6.45, 7) is 6.12. The molecule has 0 saturated carbocycles. The third kappa shape index (κ3) is 3.50. The molecule has 0 amide bonds. The molecule has 0 spiro atoms. The van der Waals surface area contributed by atoms with Gasteiger partial charge >= 0.3 is 5.00 Å². The van der Waals surface area contributed by atoms with Crippen molar-refractivity contribution in [1.29, 1.82) is 0 Å². The molecule has 2 heterocycles. The van der Waals surface area contributed by atoms with Gasteiger partial charge in [0.2, 0.25) is 0 Å². The van der Waals surface area contributed by atoms with Crippen LogP contribution in [0.2, 0.25) is 0 Å². The van der Waals surface area contributed by atoms with Crippen LogP contribution in [0.5, 0.6) is 0 Å². The van der Waals surface area contributed by atoms with Crippen LogP contribution in [-0.2, 0) is 13.0 Å². The van der Waals surface area contributed by atoms with E-state index in [1.54, 1.807) is 11.3 Å². The minimum absolute atomic E-state index is 0.739. The summed E-state index contributed by atoms with van der Waals surface area (Å²) in [5.41, 5.74) is 4.25. The Kier molecular flexibility index (Phi) is 5.16. The number of unbranched alkanes of at least 4 members (excludes halogenated alkanes) is 2. The third-order valence-electron chi connectivity index (χ3n) is 4.48. The van der Waals surface area contributed by atoms with E-state index in [0.717, 1.165) is 54.3 Å². The summed E-state index contributed by atoms with van der Waals surface area (Å²) in [7, 11) is 0. The molecule has 5 heteroatoms. The smallest absolute Gasteiger partial charge is 0.323 e. The van der Waals surface area contributed by atoms with Crippen LogP contribution in [0.25, 0.3) is 0 Å². The van der Waals surface area contributed by atoms with Crippen molar-refractivity contribution >= 4 is 16.3 Å². The average Bonchev–Trinajstić information content (AvgIpc) is 2.95. The standard InChI is InChI=1S/C18H26N3OS/c1-3-5-6-9-19-14-7-8-17-16(11-14)20-12-13-10-15(4-2)23-18(13)21(17)22/h10-11,19-20H,3-9,12H2,1-2H3/q+1. The van der Waals surface area contributed by atoms with Gasteiger partial charge in [0.1, 0.15) is 5.70 Å². The lowest BCUT2D eigenvalue weighted by Crippen LogP contribution is -2.22. The van der Waals surface area contributed by atoms with Crippen molar-refractivity contribution in [3.8, 4) is 0 Å². The summed E-state index contributed by atoms with van der Waals surface area (Å²) in [6.07, 6.45) is 8.56. The number of nitrogens with zero attached hydrogens (tertiary/aromatic N) is 1. The summed E-state index contributed by atoms with van der Waals surface area (Å²) >= 11 is 1.64. The maximum Gasteiger partial charge on any atom is 0.323 e. The van der Waals surface area contributed by atoms with E-state index in [-0.39, 0.29) is 0 Å². The molecule has 0 atom stereocenters. The van der Waals surface area contributed by atoms with Crippen molar-refractivity contribution in [3.63, 3.8) is 0 Å². The highest BCUT2D eigenvalue weighted by Crippen LogP contribution is 2.37. The zero-order valence-electron chi connectivity index (χ0n) is 14.1. The number of allylic oxidation sites excluding steroid dienone is 3. The van der Waals surface area contributed by atoms with Gasteiger partial charge in [-0.15, -0.1) is 0 Å². The van der Waals surface area contributed by atoms with Crippen LogP contribution < -0.4 is 10.6 Å². The summed E-state index contributed by atoms with van der Waals surface area (Å²) in [6, 6.07) is 2.17. The van der Waals surface area contributed by atoms with E-state index in [1.807, 2.05) is 0 Å². The van der Waals surface area contributed by atoms with Gasteiger partial charge in [-0.2, -0.15) is 0 Å². The van der Waals surface area contributed by atoms with Crippen LogP contribution in [0, 0.1) is 4.91 Å². The van der Waals surface area contributed by atoms with Crippen LogP contribution in [0.15, 0.2) is 29.2 Å². The zero-order valence-corrected chi connectivity index (χ0v) is 14.9. The molecule has 3 rings (SSSR count). The number of aryl methyl sites for hydroxylation is 1. The van der Waals surface area contributed by atoms with Gasteiger partial charge in [-0.05, 0) is 31.4 Å². The van der Waals surface area contributed by atoms with Crippen LogP contribution >= 0.6 is 11.3 Å². The second-order valence-corrected chi connectivity index (χ2v) is 7.32. The molecule has 23 heavy (non-hydrogen) atoms. The number of nitrogens with one attached hydrogen (secondary N) is 2. The minimum atomic E-state index is 0.739. The number of hydrogen-bond acceptors (Lipinski definition) is 4. The topological polar surface area (TPSA) is 44.1 Å². The fourth-order valence-corrected chi connectivity index (χ4v) is 4.16. The number of rotatable bonds is 6. The molecule has 1 aliphatic carbocycles. The maximum atomic E-state index is 12.8. The van der Waals surface area contributed by atoms with Gasteiger partial charge < -0.3 is 10.6 Å². The molecule has 124 valence electrons. The van der Waals surface area contributed by atoms with Gasteiger partial charge in [-0.3, -0.25) is 0 Å². The van der Waals surface area contributed by atoms with Crippen molar-refractivity contribution < 1.29 is 4.76 Å². The third-order valence-corrected chi connectivity index (χ3v) is 5.77. The first-order valence-corrected chi connectivity index (χ1v) is 9.54. The van der Waals surface area contributed by atoms with Crippen LogP contribution in [-0.4, -0.2) is 11.3 Å². The quantitative estimate of drug-likeness (QED) is 0.596. The van der Waals surface area contributed by atoms with E-state index in [0.29, 0.717) is 0 Å². The van der Waals surface area contributed by atoms with Crippen molar-refractivity contribution in [3.05, 3.63) is 44.6 Å². The summed E-state index contributed by atoms with van der Waals surface area (Å²) in [5, 5.41) is 7.86. The Hall–Kier alpha value is -1.62. The van der Waals surface area contributed by atoms with Gasteiger partial charge in [0.25, 0.3) is 5.70 Å². The lowest BCUT2D eigenvalue weighted by atomic mass is 10.0. The van der Waals surface area contributed by atoms with Crippen molar-refractivity contribution in [2.45, 2.75) is 58.9 Å². The van der Waals surface area contributed by atoms with E-state index in [9.17, 15) is 4.91 Å². The largest absolute Gasteiger partial charge is 0.388 e. The van der Waals surface area contributed by atoms with E-state index in [4.69, 9.17) is 0 Å². The predicted octanol–water partition coefficient (Wildman–Crippen LogP) is 4.49. The highest BCUT2D eigenvalue weighted by molar-refractivity contribution is 7.15. The molecule has 1 aromatic heterocycles. The molecule has 0 aromatic carbocycles. The first-order chi connectivity index (χ1) is 11.2. The molecular weight excluding hydrogens is 306 g/mol. The normalized spacial score (nSPS) is 17.1. The van der Waals surface area contributed by atoms with E-state index in [1.165, 1.54) is 34.6 Å². The molecule has 2 N–H and O–H groups in total. The molecule has 0 unspecified atom stereocenters. The second kappa shape index (κ2) is 7.30. The monoisotopic (exact) mass is 332 g/mol. The fraction of sp³-hybridized carbons (Fsp3) is 0.556. The maximum absolute atomic E-state index is 12.8. The molecule has 1 aliphatic heterocycles. The lowest BCUT2D eigenvalue weighted by molar-refractivity contribution is -0.407. The van der Waals surface area contributed by atoms with Crippen molar-refractivity contribution in [2.75, 3.05) is 6.54 Å². The minimum Gasteiger partial charge on any atom is -0.388 e. The Balaban J connectivity index is 1.75. The second-order valence-electron chi connectivity index (χ2n) is 6.21. The van der Waals surface area contributed by atoms with E-state index >= 15 is 0 Å². The van der Waals surface area contributed by atoms with Gasteiger partial charge in [-0.25, -0.2) is 0 Å². The first-order valence-electron chi connectivity index (χ1n) is 8.73. The van der Waals surface area contributed by atoms with Gasteiger partial charge in [0.15, 0.2) is 0 Å². The van der Waals surface area contributed by atoms with E-state index < -0.39 is 0 Å². The first kappa shape index (κ1) is 16.2. The van der Waals surface area contributed by atoms with Gasteiger partial charge in [0, 0.05) is 35.0 Å². The number of thiophene rings is 1. The Morgan fingerprint density at radius 2 is 2.17 bits per heavy atom. The lowest BCUT2D eigenvalue weighted by Gasteiger charge is -2.16. The molecule has 0 bridgehead atoms. The zero-order chi connectivity index (χ0) is 16.2. The fourth-order valence-electron chi connectivity index (χ4n) is 3.11. The Morgan fingerprint density at radius 1 is 1.30 bits per heavy atom. The Morgan fingerprint density at radius 3 is 2.96 bits per heavy atom. The molecule has 0 saturated heterocycles. The van der Waals surface area contributed by atoms with Gasteiger partial charge in [-0.1, -0.05) is 38.0 Å². The Bertz CT molecular complexity index is 657. The SMILES string of the molecule is CCCCCNC1=CC2=C(CC1)[N+](=O)c1sc(CC)cc1CN2. The highest BCUT2D eigenvalue weighted by Gasteiger charge is 2.35. The molecule has 1 aromatic rings. The highest BCUT2D eigenvalue weighted by atomic mass is 32.1. The number of hydrogen-bond donors (Lipinski definition) is 2. The number of nitroso groups, excluding NO2 is 1. The van der Waals surface area contributed by atoms with Crippen LogP contribution in [0.4, 0.5) is 5.00 Å². The summed E-state index contributed by atoms with van der Waals surface area (Å²) in [5.74, 6) is 0. The molecule has 0 fully saturated rings. The van der Waals surface area contributed by atoms with E-state index in [2.05, 4.69) is 36.6 Å². The molecule has 4 nitrogen and oxygen atoms in total. The molecule has 0 radical (unpaired) electrons. The molecular formula is C18H26N3OS+. The summed E-state index contributed by atoms with van der Waals surface area (Å²) in [4.78, 5) is 14.1. The van der Waals surface area contributed by atoms with Gasteiger partial charge in [0.05, 0.1) is 10.3 Å². The predicted molar refractivity (Wildman–Crippen MR) is 95.7 cm³/mol. The van der Waals surface area contributed by atoms with Crippen molar-refractivity contribution in [1.82, 2.24) is 10.6 Å². The number of fused-ring (bicyclic) bond motifs is 1. The summed E-state index contributed by atoms with van der Waals surface area (Å²) < 4.78 is 1.17. The van der Waals surface area contributed by atoms with Crippen LogP contribution in [0.3, 0.4) is 0 Å². The average molecular weight is 332 g/mol.